The van der Waals surface area contributed by atoms with Crippen molar-refractivity contribution < 1.29 is 13.9 Å². The Kier molecular flexibility index (Phi) is 6.50. The Morgan fingerprint density at radius 2 is 1.92 bits per heavy atom. The third-order valence-electron chi connectivity index (χ3n) is 4.22. The van der Waals surface area contributed by atoms with E-state index in [4.69, 9.17) is 4.74 Å². The number of carbonyl (C=O) groups excluding carboxylic acids is 1. The SMILES string of the molecule is CCN(C)/C=N/c1cc(C)c(C(=O)OCc2cc(C)ccc2F)cc1C. The topological polar surface area (TPSA) is 41.9 Å². The summed E-state index contributed by atoms with van der Waals surface area (Å²) in [6.07, 6.45) is 1.76. The van der Waals surface area contributed by atoms with E-state index in [1.165, 1.54) is 6.07 Å². The molecule has 0 radical (unpaired) electrons. The molecule has 0 aliphatic rings. The molecule has 0 aromatic heterocycles. The Balaban J connectivity index is 2.15. The molecule has 0 heterocycles. The van der Waals surface area contributed by atoms with Crippen LogP contribution in [0.25, 0.3) is 0 Å². The van der Waals surface area contributed by atoms with Crippen LogP contribution in [0.2, 0.25) is 0 Å². The highest BCUT2D eigenvalue weighted by atomic mass is 19.1. The molecular formula is C21H25FN2O2. The van der Waals surface area contributed by atoms with Gasteiger partial charge in [-0.15, -0.1) is 0 Å². The van der Waals surface area contributed by atoms with Crippen LogP contribution in [0.5, 0.6) is 0 Å². The zero-order valence-corrected chi connectivity index (χ0v) is 16.0. The van der Waals surface area contributed by atoms with Crippen LogP contribution in [0.3, 0.4) is 0 Å². The lowest BCUT2D eigenvalue weighted by molar-refractivity contribution is 0.0468. The lowest BCUT2D eigenvalue weighted by atomic mass is 10.0. The van der Waals surface area contributed by atoms with Crippen LogP contribution in [0.4, 0.5) is 10.1 Å². The summed E-state index contributed by atoms with van der Waals surface area (Å²) in [4.78, 5) is 18.8. The molecule has 0 amide bonds. The summed E-state index contributed by atoms with van der Waals surface area (Å²) in [7, 11) is 1.95. The van der Waals surface area contributed by atoms with Crippen LogP contribution in [0.1, 0.15) is 39.5 Å². The number of benzene rings is 2. The number of hydrogen-bond donors (Lipinski definition) is 0. The summed E-state index contributed by atoms with van der Waals surface area (Å²) in [6.45, 7) is 8.42. The molecular weight excluding hydrogens is 331 g/mol. The Morgan fingerprint density at radius 1 is 1.19 bits per heavy atom. The highest BCUT2D eigenvalue weighted by Gasteiger charge is 2.14. The lowest BCUT2D eigenvalue weighted by Gasteiger charge is -2.12. The fraction of sp³-hybridized carbons (Fsp3) is 0.333. The minimum Gasteiger partial charge on any atom is -0.457 e. The van der Waals surface area contributed by atoms with E-state index in [0.29, 0.717) is 11.1 Å². The number of aryl methyl sites for hydroxylation is 3. The maximum Gasteiger partial charge on any atom is 0.338 e. The molecule has 2 aromatic carbocycles. The van der Waals surface area contributed by atoms with Gasteiger partial charge in [-0.25, -0.2) is 14.2 Å². The highest BCUT2D eigenvalue weighted by Crippen LogP contribution is 2.24. The normalized spacial score (nSPS) is 11.0. The van der Waals surface area contributed by atoms with Crippen molar-refractivity contribution in [3.05, 3.63) is 64.0 Å². The van der Waals surface area contributed by atoms with Gasteiger partial charge in [0, 0.05) is 19.2 Å². The van der Waals surface area contributed by atoms with Gasteiger partial charge in [0.15, 0.2) is 0 Å². The van der Waals surface area contributed by atoms with Crippen LogP contribution in [-0.2, 0) is 11.3 Å². The molecule has 0 atom stereocenters. The van der Waals surface area contributed by atoms with Gasteiger partial charge in [0.2, 0.25) is 0 Å². The third-order valence-corrected chi connectivity index (χ3v) is 4.22. The summed E-state index contributed by atoms with van der Waals surface area (Å²) in [5.74, 6) is -0.839. The summed E-state index contributed by atoms with van der Waals surface area (Å²) in [5.41, 5.74) is 4.23. The molecule has 0 saturated carbocycles. The van der Waals surface area contributed by atoms with Crippen LogP contribution >= 0.6 is 0 Å². The second-order valence-corrected chi connectivity index (χ2v) is 6.44. The van der Waals surface area contributed by atoms with Gasteiger partial charge in [0.25, 0.3) is 0 Å². The maximum absolute atomic E-state index is 13.8. The Hall–Kier alpha value is -2.69. The summed E-state index contributed by atoms with van der Waals surface area (Å²) >= 11 is 0. The predicted molar refractivity (Wildman–Crippen MR) is 103 cm³/mol. The number of carbonyl (C=O) groups is 1. The van der Waals surface area contributed by atoms with Gasteiger partial charge >= 0.3 is 5.97 Å². The molecule has 0 unspecified atom stereocenters. The van der Waals surface area contributed by atoms with Gasteiger partial charge in [-0.2, -0.15) is 0 Å². The number of halogens is 1. The largest absolute Gasteiger partial charge is 0.457 e. The number of hydrogen-bond acceptors (Lipinski definition) is 3. The van der Waals surface area contributed by atoms with Gasteiger partial charge in [-0.1, -0.05) is 11.6 Å². The molecule has 0 aliphatic carbocycles. The summed E-state index contributed by atoms with van der Waals surface area (Å²) < 4.78 is 19.1. The van der Waals surface area contributed by atoms with E-state index in [-0.39, 0.29) is 12.4 Å². The number of esters is 1. The number of ether oxygens (including phenoxy) is 1. The van der Waals surface area contributed by atoms with Crippen molar-refractivity contribution in [2.75, 3.05) is 13.6 Å². The molecule has 0 bridgehead atoms. The fourth-order valence-corrected chi connectivity index (χ4v) is 2.44. The number of aliphatic imine (C=N–C) groups is 1. The molecule has 2 aromatic rings. The van der Waals surface area contributed by atoms with E-state index in [1.807, 2.05) is 45.7 Å². The Labute approximate surface area is 154 Å². The fourth-order valence-electron chi connectivity index (χ4n) is 2.44. The number of rotatable bonds is 6. The minimum atomic E-state index is -0.465. The first-order valence-electron chi connectivity index (χ1n) is 8.59. The zero-order valence-electron chi connectivity index (χ0n) is 16.0. The van der Waals surface area contributed by atoms with Crippen molar-refractivity contribution in [2.45, 2.75) is 34.3 Å². The van der Waals surface area contributed by atoms with Crippen molar-refractivity contribution >= 4 is 18.0 Å². The highest BCUT2D eigenvalue weighted by molar-refractivity contribution is 5.92. The standard InChI is InChI=1S/C21H25FN2O2/c1-6-24(5)13-23-20-11-15(3)18(10-16(20)4)21(25)26-12-17-9-14(2)7-8-19(17)22/h7-11,13H,6,12H2,1-5H3/b23-13+. The van der Waals surface area contributed by atoms with E-state index >= 15 is 0 Å². The monoisotopic (exact) mass is 356 g/mol. The molecule has 0 fully saturated rings. The van der Waals surface area contributed by atoms with Crippen molar-refractivity contribution in [1.29, 1.82) is 0 Å². The van der Waals surface area contributed by atoms with Crippen molar-refractivity contribution in [3.63, 3.8) is 0 Å². The molecule has 5 heteroatoms. The quantitative estimate of drug-likeness (QED) is 0.427. The number of nitrogens with zero attached hydrogens (tertiary/aromatic N) is 2. The van der Waals surface area contributed by atoms with Gasteiger partial charge in [0.05, 0.1) is 17.6 Å². The van der Waals surface area contributed by atoms with E-state index in [0.717, 1.165) is 28.9 Å². The molecule has 2 rings (SSSR count). The van der Waals surface area contributed by atoms with E-state index in [1.54, 1.807) is 24.5 Å². The average Bonchev–Trinajstić information content (AvgIpc) is 2.62. The van der Waals surface area contributed by atoms with Crippen molar-refractivity contribution in [3.8, 4) is 0 Å². The van der Waals surface area contributed by atoms with E-state index < -0.39 is 5.97 Å². The van der Waals surface area contributed by atoms with E-state index in [2.05, 4.69) is 4.99 Å². The smallest absolute Gasteiger partial charge is 0.338 e. The van der Waals surface area contributed by atoms with Gasteiger partial charge in [-0.05, 0) is 63.1 Å². The average molecular weight is 356 g/mol. The van der Waals surface area contributed by atoms with Crippen LogP contribution < -0.4 is 0 Å². The van der Waals surface area contributed by atoms with Crippen LogP contribution in [-0.4, -0.2) is 30.8 Å². The van der Waals surface area contributed by atoms with Gasteiger partial charge in [-0.3, -0.25) is 0 Å². The lowest BCUT2D eigenvalue weighted by Crippen LogP contribution is -2.14. The van der Waals surface area contributed by atoms with Gasteiger partial charge < -0.3 is 9.64 Å². The van der Waals surface area contributed by atoms with E-state index in [9.17, 15) is 9.18 Å². The van der Waals surface area contributed by atoms with Gasteiger partial charge in [0.1, 0.15) is 12.4 Å². The molecule has 0 spiro atoms. The molecule has 0 saturated heterocycles. The first-order chi connectivity index (χ1) is 12.3. The molecule has 0 N–H and O–H groups in total. The van der Waals surface area contributed by atoms with Crippen molar-refractivity contribution in [1.82, 2.24) is 4.90 Å². The van der Waals surface area contributed by atoms with Crippen molar-refractivity contribution in [2.24, 2.45) is 4.99 Å². The molecule has 0 aliphatic heterocycles. The predicted octanol–water partition coefficient (Wildman–Crippen LogP) is 4.72. The van der Waals surface area contributed by atoms with Crippen LogP contribution in [0, 0.1) is 26.6 Å². The molecule has 26 heavy (non-hydrogen) atoms. The first kappa shape index (κ1) is 19.6. The summed E-state index contributed by atoms with van der Waals surface area (Å²) in [5, 5.41) is 0. The Bertz CT molecular complexity index is 831. The van der Waals surface area contributed by atoms with Crippen LogP contribution in [0.15, 0.2) is 35.3 Å². The molecule has 138 valence electrons. The second-order valence-electron chi connectivity index (χ2n) is 6.44. The summed E-state index contributed by atoms with van der Waals surface area (Å²) in [6, 6.07) is 8.38. The minimum absolute atomic E-state index is 0.0912. The molecule has 4 nitrogen and oxygen atoms in total. The maximum atomic E-state index is 13.8. The Morgan fingerprint density at radius 3 is 2.62 bits per heavy atom. The zero-order chi connectivity index (χ0) is 19.3. The second kappa shape index (κ2) is 8.61. The third kappa shape index (κ3) is 4.91. The first-order valence-corrected chi connectivity index (χ1v) is 8.59.